The van der Waals surface area contributed by atoms with Gasteiger partial charge in [0.1, 0.15) is 12.4 Å². The molecule has 0 saturated heterocycles. The molecule has 0 bridgehead atoms. The summed E-state index contributed by atoms with van der Waals surface area (Å²) >= 11 is 0. The van der Waals surface area contributed by atoms with Gasteiger partial charge in [0, 0.05) is 50.3 Å². The van der Waals surface area contributed by atoms with Gasteiger partial charge in [-0.05, 0) is 73.2 Å². The molecule has 3 aromatic rings. The van der Waals surface area contributed by atoms with Crippen molar-refractivity contribution in [3.05, 3.63) is 95.1 Å². The van der Waals surface area contributed by atoms with E-state index in [-0.39, 0.29) is 30.2 Å². The molecular formula is C33H42FN3O3. The molecule has 1 heterocycles. The van der Waals surface area contributed by atoms with Crippen molar-refractivity contribution >= 4 is 11.8 Å². The van der Waals surface area contributed by atoms with Crippen molar-refractivity contribution < 1.29 is 18.7 Å². The topological polar surface area (TPSA) is 54.8 Å². The number of halogens is 1. The van der Waals surface area contributed by atoms with Crippen LogP contribution in [-0.4, -0.2) is 59.0 Å². The number of amides is 2. The first kappa shape index (κ1) is 29.5. The second-order valence-electron chi connectivity index (χ2n) is 10.7. The van der Waals surface area contributed by atoms with Crippen LogP contribution >= 0.6 is 0 Å². The highest BCUT2D eigenvalue weighted by atomic mass is 19.1. The van der Waals surface area contributed by atoms with Crippen molar-refractivity contribution in [2.24, 2.45) is 0 Å². The van der Waals surface area contributed by atoms with Crippen LogP contribution in [0.4, 0.5) is 4.39 Å². The van der Waals surface area contributed by atoms with Gasteiger partial charge in [-0.15, -0.1) is 0 Å². The summed E-state index contributed by atoms with van der Waals surface area (Å²) in [7, 11) is 1.65. The van der Waals surface area contributed by atoms with Crippen LogP contribution in [0.3, 0.4) is 0 Å². The summed E-state index contributed by atoms with van der Waals surface area (Å²) in [5.41, 5.74) is 3.79. The molecule has 0 atom stereocenters. The third kappa shape index (κ3) is 8.04. The Kier molecular flexibility index (Phi) is 10.9. The fourth-order valence-electron chi connectivity index (χ4n) is 5.49. The number of ether oxygens (including phenoxy) is 1. The first-order valence-corrected chi connectivity index (χ1v) is 14.5. The molecule has 0 unspecified atom stereocenters. The zero-order valence-electron chi connectivity index (χ0n) is 23.9. The average Bonchev–Trinajstić information content (AvgIpc) is 3.43. The van der Waals surface area contributed by atoms with Gasteiger partial charge in [0.05, 0.1) is 6.54 Å². The second-order valence-corrected chi connectivity index (χ2v) is 10.7. The Balaban J connectivity index is 1.53. The number of carbonyl (C=O) groups excluding carboxylic acids is 2. The molecular weight excluding hydrogens is 505 g/mol. The van der Waals surface area contributed by atoms with Crippen LogP contribution in [0.15, 0.2) is 66.9 Å². The molecule has 1 fully saturated rings. The van der Waals surface area contributed by atoms with E-state index in [0.29, 0.717) is 38.2 Å². The lowest BCUT2D eigenvalue weighted by Crippen LogP contribution is -2.48. The van der Waals surface area contributed by atoms with Gasteiger partial charge in [0.15, 0.2) is 0 Å². The first-order chi connectivity index (χ1) is 19.5. The van der Waals surface area contributed by atoms with Crippen molar-refractivity contribution in [3.63, 3.8) is 0 Å². The van der Waals surface area contributed by atoms with Gasteiger partial charge < -0.3 is 19.1 Å². The smallest absolute Gasteiger partial charge is 0.254 e. The standard InChI is InChI=1S/C33H42FN3O3/c1-3-26-12-16-28(17-13-26)33(39)36(21-8-22-40-2)25-32(38)37(30-9-5-4-6-10-30)24-31-11-7-20-35(31)23-27-14-18-29(34)19-15-27/h7,11-20,30H,3-6,8-10,21-25H2,1-2H3. The molecule has 2 amide bonds. The maximum atomic E-state index is 14.0. The number of benzene rings is 2. The average molecular weight is 548 g/mol. The molecule has 0 radical (unpaired) electrons. The highest BCUT2D eigenvalue weighted by Gasteiger charge is 2.29. The van der Waals surface area contributed by atoms with Crippen molar-refractivity contribution in [1.82, 2.24) is 14.4 Å². The van der Waals surface area contributed by atoms with E-state index < -0.39 is 0 Å². The van der Waals surface area contributed by atoms with Crippen molar-refractivity contribution in [2.45, 2.75) is 71.0 Å². The lowest BCUT2D eigenvalue weighted by Gasteiger charge is -2.36. The third-order valence-electron chi connectivity index (χ3n) is 7.86. The number of rotatable bonds is 13. The molecule has 4 rings (SSSR count). The summed E-state index contributed by atoms with van der Waals surface area (Å²) in [6.45, 7) is 4.17. The molecule has 2 aromatic carbocycles. The number of aryl methyl sites for hydroxylation is 1. The summed E-state index contributed by atoms with van der Waals surface area (Å²) in [4.78, 5) is 31.2. The Labute approximate surface area is 237 Å². The minimum atomic E-state index is -0.253. The van der Waals surface area contributed by atoms with Gasteiger partial charge in [-0.2, -0.15) is 0 Å². The lowest BCUT2D eigenvalue weighted by molar-refractivity contribution is -0.135. The minimum absolute atomic E-state index is 0.0302. The first-order valence-electron chi connectivity index (χ1n) is 14.5. The Bertz CT molecular complexity index is 1220. The maximum Gasteiger partial charge on any atom is 0.254 e. The largest absolute Gasteiger partial charge is 0.385 e. The maximum absolute atomic E-state index is 14.0. The number of hydrogen-bond acceptors (Lipinski definition) is 3. The van der Waals surface area contributed by atoms with E-state index in [2.05, 4.69) is 11.5 Å². The van der Waals surface area contributed by atoms with Crippen LogP contribution in [0, 0.1) is 5.82 Å². The summed E-state index contributed by atoms with van der Waals surface area (Å²) in [6, 6.07) is 18.4. The molecule has 0 spiro atoms. The fourth-order valence-corrected chi connectivity index (χ4v) is 5.49. The van der Waals surface area contributed by atoms with E-state index >= 15 is 0 Å². The number of nitrogens with zero attached hydrogens (tertiary/aromatic N) is 3. The molecule has 214 valence electrons. The Morgan fingerprint density at radius 1 is 0.975 bits per heavy atom. The van der Waals surface area contributed by atoms with Crippen LogP contribution < -0.4 is 0 Å². The number of methoxy groups -OCH3 is 1. The monoisotopic (exact) mass is 547 g/mol. The number of carbonyl (C=O) groups is 2. The predicted octanol–water partition coefficient (Wildman–Crippen LogP) is 6.08. The molecule has 0 N–H and O–H groups in total. The molecule has 0 aliphatic heterocycles. The second kappa shape index (κ2) is 14.8. The molecule has 1 aromatic heterocycles. The van der Waals surface area contributed by atoms with E-state index in [1.807, 2.05) is 47.5 Å². The number of hydrogen-bond donors (Lipinski definition) is 0. The minimum Gasteiger partial charge on any atom is -0.385 e. The van der Waals surface area contributed by atoms with Crippen LogP contribution in [0.25, 0.3) is 0 Å². The van der Waals surface area contributed by atoms with Gasteiger partial charge in [-0.1, -0.05) is 50.5 Å². The molecule has 6 nitrogen and oxygen atoms in total. The fraction of sp³-hybridized carbons (Fsp3) is 0.455. The van der Waals surface area contributed by atoms with E-state index in [1.165, 1.54) is 24.1 Å². The van der Waals surface area contributed by atoms with E-state index in [9.17, 15) is 14.0 Å². The molecule has 40 heavy (non-hydrogen) atoms. The summed E-state index contributed by atoms with van der Waals surface area (Å²) < 4.78 is 20.8. The van der Waals surface area contributed by atoms with Gasteiger partial charge in [0.25, 0.3) is 5.91 Å². The Hall–Kier alpha value is -3.45. The number of aromatic nitrogens is 1. The lowest BCUT2D eigenvalue weighted by atomic mass is 9.94. The van der Waals surface area contributed by atoms with E-state index in [0.717, 1.165) is 43.4 Å². The van der Waals surface area contributed by atoms with Crippen molar-refractivity contribution in [3.8, 4) is 0 Å². The predicted molar refractivity (Wildman–Crippen MR) is 156 cm³/mol. The summed E-state index contributed by atoms with van der Waals surface area (Å²) in [5, 5.41) is 0. The van der Waals surface area contributed by atoms with E-state index in [4.69, 9.17) is 4.74 Å². The normalized spacial score (nSPS) is 13.8. The van der Waals surface area contributed by atoms with E-state index in [1.54, 1.807) is 24.1 Å². The van der Waals surface area contributed by atoms with Crippen LogP contribution in [0.5, 0.6) is 0 Å². The molecule has 1 saturated carbocycles. The van der Waals surface area contributed by atoms with Crippen molar-refractivity contribution in [2.75, 3.05) is 26.8 Å². The quantitative estimate of drug-likeness (QED) is 0.244. The van der Waals surface area contributed by atoms with Gasteiger partial charge >= 0.3 is 0 Å². The molecule has 1 aliphatic carbocycles. The molecule has 7 heteroatoms. The van der Waals surface area contributed by atoms with Crippen LogP contribution in [0.2, 0.25) is 0 Å². The molecule has 1 aliphatic rings. The zero-order chi connectivity index (χ0) is 28.3. The SMILES string of the molecule is CCc1ccc(C(=O)N(CCCOC)CC(=O)N(Cc2cccn2Cc2ccc(F)cc2)C2CCCCC2)cc1. The summed E-state index contributed by atoms with van der Waals surface area (Å²) in [5.74, 6) is -0.413. The van der Waals surface area contributed by atoms with Gasteiger partial charge in [-0.25, -0.2) is 4.39 Å². The van der Waals surface area contributed by atoms with Crippen LogP contribution in [0.1, 0.15) is 72.6 Å². The summed E-state index contributed by atoms with van der Waals surface area (Å²) in [6.07, 6.45) is 8.91. The third-order valence-corrected chi connectivity index (χ3v) is 7.86. The van der Waals surface area contributed by atoms with Crippen LogP contribution in [-0.2, 0) is 29.0 Å². The Morgan fingerprint density at radius 2 is 1.68 bits per heavy atom. The van der Waals surface area contributed by atoms with Gasteiger partial charge in [0.2, 0.25) is 5.91 Å². The Morgan fingerprint density at radius 3 is 2.35 bits per heavy atom. The van der Waals surface area contributed by atoms with Gasteiger partial charge in [-0.3, -0.25) is 9.59 Å². The van der Waals surface area contributed by atoms with Crippen molar-refractivity contribution in [1.29, 1.82) is 0 Å². The highest BCUT2D eigenvalue weighted by Crippen LogP contribution is 2.25. The zero-order valence-corrected chi connectivity index (χ0v) is 23.9. The highest BCUT2D eigenvalue weighted by molar-refractivity contribution is 5.96.